The molecule has 0 saturated heterocycles. The van der Waals surface area contributed by atoms with Crippen LogP contribution in [0.3, 0.4) is 0 Å². The lowest BCUT2D eigenvalue weighted by molar-refractivity contribution is -0.385. The van der Waals surface area contributed by atoms with Crippen molar-refractivity contribution in [2.75, 3.05) is 12.4 Å². The number of benzene rings is 3. The molecule has 0 fully saturated rings. The zero-order valence-electron chi connectivity index (χ0n) is 18.9. The summed E-state index contributed by atoms with van der Waals surface area (Å²) in [5, 5.41) is 38.2. The third-order valence-corrected chi connectivity index (χ3v) is 4.84. The second-order valence-corrected chi connectivity index (χ2v) is 7.27. The van der Waals surface area contributed by atoms with E-state index in [0.29, 0.717) is 0 Å². The van der Waals surface area contributed by atoms with Gasteiger partial charge >= 0.3 is 5.69 Å². The number of methoxy groups -OCH3 is 1. The number of nitro groups is 3. The van der Waals surface area contributed by atoms with Crippen LogP contribution < -0.4 is 15.4 Å². The van der Waals surface area contributed by atoms with Crippen molar-refractivity contribution in [1.82, 2.24) is 5.32 Å². The number of hydrogen-bond acceptors (Lipinski definition) is 9. The Morgan fingerprint density at radius 1 is 0.838 bits per heavy atom. The molecular formula is C23H17N5O9. The molecule has 0 heterocycles. The smallest absolute Gasteiger partial charge is 0.311 e. The Morgan fingerprint density at radius 3 is 2.11 bits per heavy atom. The summed E-state index contributed by atoms with van der Waals surface area (Å²) in [5.74, 6) is -1.91. The van der Waals surface area contributed by atoms with Gasteiger partial charge < -0.3 is 15.4 Å². The summed E-state index contributed by atoms with van der Waals surface area (Å²) in [4.78, 5) is 57.4. The molecule has 0 bridgehead atoms. The van der Waals surface area contributed by atoms with Gasteiger partial charge in [0.25, 0.3) is 23.2 Å². The van der Waals surface area contributed by atoms with Gasteiger partial charge in [-0.15, -0.1) is 0 Å². The van der Waals surface area contributed by atoms with E-state index in [4.69, 9.17) is 4.74 Å². The van der Waals surface area contributed by atoms with Gasteiger partial charge in [-0.1, -0.05) is 18.2 Å². The van der Waals surface area contributed by atoms with Gasteiger partial charge in [0.2, 0.25) is 0 Å². The minimum Gasteiger partial charge on any atom is -0.490 e. The van der Waals surface area contributed by atoms with Gasteiger partial charge in [-0.05, 0) is 29.8 Å². The average Bonchev–Trinajstić information content (AvgIpc) is 2.88. The number of amides is 2. The van der Waals surface area contributed by atoms with E-state index in [1.54, 1.807) is 0 Å². The van der Waals surface area contributed by atoms with Gasteiger partial charge in [0.15, 0.2) is 5.75 Å². The van der Waals surface area contributed by atoms with Crippen LogP contribution in [0.15, 0.2) is 72.4 Å². The van der Waals surface area contributed by atoms with Crippen molar-refractivity contribution >= 4 is 40.6 Å². The molecule has 0 spiro atoms. The summed E-state index contributed by atoms with van der Waals surface area (Å²) >= 11 is 0. The lowest BCUT2D eigenvalue weighted by atomic mass is 10.1. The number of nitro benzene ring substituents is 3. The number of nitrogens with zero attached hydrogens (tertiary/aromatic N) is 3. The van der Waals surface area contributed by atoms with E-state index in [-0.39, 0.29) is 33.9 Å². The van der Waals surface area contributed by atoms with Crippen molar-refractivity contribution in [2.24, 2.45) is 0 Å². The van der Waals surface area contributed by atoms with Crippen LogP contribution in [0, 0.1) is 30.3 Å². The zero-order chi connectivity index (χ0) is 27.1. The normalized spacial score (nSPS) is 10.8. The van der Waals surface area contributed by atoms with E-state index in [1.165, 1.54) is 55.6 Å². The van der Waals surface area contributed by atoms with Gasteiger partial charge in [0.1, 0.15) is 5.70 Å². The predicted octanol–water partition coefficient (Wildman–Crippen LogP) is 3.83. The lowest BCUT2D eigenvalue weighted by Crippen LogP contribution is -2.30. The average molecular weight is 507 g/mol. The summed E-state index contributed by atoms with van der Waals surface area (Å²) in [6.07, 6.45) is 1.15. The van der Waals surface area contributed by atoms with Crippen LogP contribution in [0.4, 0.5) is 22.7 Å². The highest BCUT2D eigenvalue weighted by atomic mass is 16.6. The van der Waals surface area contributed by atoms with Crippen molar-refractivity contribution in [3.63, 3.8) is 0 Å². The number of rotatable bonds is 9. The molecule has 188 valence electrons. The number of nitrogens with one attached hydrogen (secondary N) is 2. The molecule has 0 aliphatic carbocycles. The molecule has 0 radical (unpaired) electrons. The summed E-state index contributed by atoms with van der Waals surface area (Å²) < 4.78 is 4.91. The fourth-order valence-corrected chi connectivity index (χ4v) is 3.12. The van der Waals surface area contributed by atoms with Gasteiger partial charge in [-0.25, -0.2) is 0 Å². The fraction of sp³-hybridized carbons (Fsp3) is 0.0435. The van der Waals surface area contributed by atoms with E-state index < -0.39 is 38.0 Å². The Bertz CT molecular complexity index is 1450. The first-order valence-electron chi connectivity index (χ1n) is 10.2. The van der Waals surface area contributed by atoms with Crippen LogP contribution in [-0.4, -0.2) is 33.7 Å². The third-order valence-electron chi connectivity index (χ3n) is 4.84. The van der Waals surface area contributed by atoms with Gasteiger partial charge in [0, 0.05) is 41.6 Å². The lowest BCUT2D eigenvalue weighted by Gasteiger charge is -2.12. The van der Waals surface area contributed by atoms with Crippen LogP contribution in [0.5, 0.6) is 5.75 Å². The number of hydrogen-bond donors (Lipinski definition) is 2. The maximum atomic E-state index is 13.0. The molecule has 14 heteroatoms. The Labute approximate surface area is 207 Å². The van der Waals surface area contributed by atoms with E-state index in [2.05, 4.69) is 10.6 Å². The van der Waals surface area contributed by atoms with E-state index in [1.807, 2.05) is 0 Å². The van der Waals surface area contributed by atoms with Gasteiger partial charge in [0.05, 0.1) is 21.9 Å². The SMILES string of the molecule is COc1ccc(C(=O)N/C(=C\c2cccc([N+](=O)[O-])c2)C(=O)Nc2cccc([N+](=O)[O-])c2)cc1[N+](=O)[O-]. The van der Waals surface area contributed by atoms with E-state index >= 15 is 0 Å². The standard InChI is InChI=1S/C23H17N5O9/c1-37-21-9-8-15(12-20(21)28(35)36)22(29)25-19(11-14-4-2-6-17(10-14)26(31)32)23(30)24-16-5-3-7-18(13-16)27(33)34/h2-13H,1H3,(H,24,30)(H,25,29)/b19-11-. The molecule has 2 N–H and O–H groups in total. The molecule has 0 aliphatic heterocycles. The van der Waals surface area contributed by atoms with Crippen molar-refractivity contribution in [2.45, 2.75) is 0 Å². The van der Waals surface area contributed by atoms with Crippen molar-refractivity contribution < 1.29 is 29.1 Å². The highest BCUT2D eigenvalue weighted by molar-refractivity contribution is 6.10. The highest BCUT2D eigenvalue weighted by Gasteiger charge is 2.21. The quantitative estimate of drug-likeness (QED) is 0.245. The summed E-state index contributed by atoms with van der Waals surface area (Å²) in [7, 11) is 1.22. The Hall–Kier alpha value is -5.66. The minimum absolute atomic E-state index is 0.0403. The second kappa shape index (κ2) is 11.2. The van der Waals surface area contributed by atoms with Crippen molar-refractivity contribution in [1.29, 1.82) is 0 Å². The highest BCUT2D eigenvalue weighted by Crippen LogP contribution is 2.27. The fourth-order valence-electron chi connectivity index (χ4n) is 3.12. The van der Waals surface area contributed by atoms with E-state index in [0.717, 1.165) is 24.3 Å². The molecule has 0 aromatic heterocycles. The second-order valence-electron chi connectivity index (χ2n) is 7.27. The van der Waals surface area contributed by atoms with Crippen LogP contribution >= 0.6 is 0 Å². The first-order valence-corrected chi connectivity index (χ1v) is 10.2. The maximum Gasteiger partial charge on any atom is 0.311 e. The van der Waals surface area contributed by atoms with Crippen LogP contribution in [0.25, 0.3) is 6.08 Å². The van der Waals surface area contributed by atoms with Crippen molar-refractivity contribution in [3.8, 4) is 5.75 Å². The minimum atomic E-state index is -0.914. The largest absolute Gasteiger partial charge is 0.490 e. The third kappa shape index (κ3) is 6.48. The number of carbonyl (C=O) groups is 2. The van der Waals surface area contributed by atoms with Crippen LogP contribution in [0.1, 0.15) is 15.9 Å². The summed E-state index contributed by atoms with van der Waals surface area (Å²) in [6.45, 7) is 0. The van der Waals surface area contributed by atoms with Gasteiger partial charge in [-0.2, -0.15) is 0 Å². The molecule has 0 atom stereocenters. The first kappa shape index (κ1) is 26.0. The number of ether oxygens (including phenoxy) is 1. The topological polar surface area (TPSA) is 197 Å². The summed E-state index contributed by atoms with van der Waals surface area (Å²) in [5.41, 5.74) is -1.41. The summed E-state index contributed by atoms with van der Waals surface area (Å²) in [6, 6.07) is 13.6. The van der Waals surface area contributed by atoms with Crippen LogP contribution in [0.2, 0.25) is 0 Å². The van der Waals surface area contributed by atoms with Crippen LogP contribution in [-0.2, 0) is 4.79 Å². The van der Waals surface area contributed by atoms with E-state index in [9.17, 15) is 39.9 Å². The molecular weight excluding hydrogens is 490 g/mol. The molecule has 14 nitrogen and oxygen atoms in total. The Balaban J connectivity index is 1.99. The molecule has 3 rings (SSSR count). The Morgan fingerprint density at radius 2 is 1.49 bits per heavy atom. The molecule has 2 amide bonds. The Kier molecular flexibility index (Phi) is 7.84. The monoisotopic (exact) mass is 507 g/mol. The molecule has 0 saturated carbocycles. The zero-order valence-corrected chi connectivity index (χ0v) is 18.9. The molecule has 3 aromatic carbocycles. The van der Waals surface area contributed by atoms with Crippen molar-refractivity contribution in [3.05, 3.63) is 114 Å². The first-order chi connectivity index (χ1) is 17.6. The number of non-ortho nitro benzene ring substituents is 2. The molecule has 0 aliphatic rings. The molecule has 3 aromatic rings. The number of carbonyl (C=O) groups excluding carboxylic acids is 2. The molecule has 0 unspecified atom stereocenters. The molecule has 37 heavy (non-hydrogen) atoms. The van der Waals surface area contributed by atoms with Gasteiger partial charge in [-0.3, -0.25) is 39.9 Å². The predicted molar refractivity (Wildman–Crippen MR) is 130 cm³/mol. The number of anilines is 1. The maximum absolute atomic E-state index is 13.0.